The van der Waals surface area contributed by atoms with E-state index in [1.54, 1.807) is 6.07 Å². The van der Waals surface area contributed by atoms with Crippen LogP contribution in [0.15, 0.2) is 23.3 Å². The summed E-state index contributed by atoms with van der Waals surface area (Å²) in [5.41, 5.74) is 2.14. The molecule has 2 aromatic rings. The van der Waals surface area contributed by atoms with Gasteiger partial charge < -0.3 is 4.98 Å². The van der Waals surface area contributed by atoms with E-state index >= 15 is 0 Å². The molecule has 60 valence electrons. The first kappa shape index (κ1) is 6.97. The van der Waals surface area contributed by atoms with Crippen LogP contribution in [-0.2, 0) is 0 Å². The number of hydrogen-bond donors (Lipinski definition) is 1. The zero-order valence-electron chi connectivity index (χ0n) is 6.53. The SMILES string of the molecule is Cc1ncnc2ccc(=O)[nH]c12. The number of pyridine rings is 1. The molecule has 0 saturated carbocycles. The van der Waals surface area contributed by atoms with Gasteiger partial charge in [-0.3, -0.25) is 4.79 Å². The van der Waals surface area contributed by atoms with Crippen molar-refractivity contribution in [3.8, 4) is 0 Å². The first-order chi connectivity index (χ1) is 5.77. The van der Waals surface area contributed by atoms with Crippen molar-refractivity contribution in [2.45, 2.75) is 6.92 Å². The maximum atomic E-state index is 10.9. The molecule has 12 heavy (non-hydrogen) atoms. The van der Waals surface area contributed by atoms with Crippen molar-refractivity contribution in [3.63, 3.8) is 0 Å². The number of aromatic nitrogens is 3. The Morgan fingerprint density at radius 3 is 3.00 bits per heavy atom. The fourth-order valence-corrected chi connectivity index (χ4v) is 1.09. The van der Waals surface area contributed by atoms with Gasteiger partial charge in [-0.25, -0.2) is 9.97 Å². The quantitative estimate of drug-likeness (QED) is 0.616. The molecular weight excluding hydrogens is 154 g/mol. The van der Waals surface area contributed by atoms with E-state index in [9.17, 15) is 4.79 Å². The van der Waals surface area contributed by atoms with Gasteiger partial charge in [-0.05, 0) is 13.0 Å². The minimum Gasteiger partial charge on any atom is -0.319 e. The summed E-state index contributed by atoms with van der Waals surface area (Å²) >= 11 is 0. The van der Waals surface area contributed by atoms with Gasteiger partial charge in [-0.15, -0.1) is 0 Å². The van der Waals surface area contributed by atoms with Crippen LogP contribution in [0, 0.1) is 6.92 Å². The highest BCUT2D eigenvalue weighted by Gasteiger charge is 1.97. The van der Waals surface area contributed by atoms with Crippen molar-refractivity contribution in [2.75, 3.05) is 0 Å². The van der Waals surface area contributed by atoms with E-state index in [-0.39, 0.29) is 5.56 Å². The van der Waals surface area contributed by atoms with E-state index in [2.05, 4.69) is 15.0 Å². The molecule has 0 aliphatic rings. The van der Waals surface area contributed by atoms with Gasteiger partial charge >= 0.3 is 0 Å². The summed E-state index contributed by atoms with van der Waals surface area (Å²) < 4.78 is 0. The summed E-state index contributed by atoms with van der Waals surface area (Å²) in [5.74, 6) is 0. The Balaban J connectivity index is 2.97. The van der Waals surface area contributed by atoms with Gasteiger partial charge in [0.05, 0.1) is 16.7 Å². The molecule has 0 unspecified atom stereocenters. The molecule has 0 aliphatic carbocycles. The highest BCUT2D eigenvalue weighted by molar-refractivity contribution is 5.75. The first-order valence-corrected chi connectivity index (χ1v) is 3.58. The molecule has 1 N–H and O–H groups in total. The summed E-state index contributed by atoms with van der Waals surface area (Å²) in [7, 11) is 0. The van der Waals surface area contributed by atoms with E-state index in [0.29, 0.717) is 5.52 Å². The number of H-pyrrole nitrogens is 1. The van der Waals surface area contributed by atoms with Crippen molar-refractivity contribution in [1.82, 2.24) is 15.0 Å². The van der Waals surface area contributed by atoms with Crippen LogP contribution in [0.1, 0.15) is 5.69 Å². The second-order valence-electron chi connectivity index (χ2n) is 2.54. The zero-order valence-corrected chi connectivity index (χ0v) is 6.53. The first-order valence-electron chi connectivity index (χ1n) is 3.58. The molecule has 4 heteroatoms. The number of nitrogens with one attached hydrogen (secondary N) is 1. The average molecular weight is 161 g/mol. The van der Waals surface area contributed by atoms with Crippen LogP contribution in [0.2, 0.25) is 0 Å². The molecule has 0 atom stereocenters. The maximum Gasteiger partial charge on any atom is 0.248 e. The molecule has 0 amide bonds. The number of fused-ring (bicyclic) bond motifs is 1. The molecule has 0 spiro atoms. The van der Waals surface area contributed by atoms with Crippen molar-refractivity contribution < 1.29 is 0 Å². The molecule has 0 fully saturated rings. The lowest BCUT2D eigenvalue weighted by molar-refractivity contribution is 1.12. The highest BCUT2D eigenvalue weighted by atomic mass is 16.1. The molecule has 0 saturated heterocycles. The van der Waals surface area contributed by atoms with E-state index in [1.807, 2.05) is 6.92 Å². The van der Waals surface area contributed by atoms with Crippen LogP contribution >= 0.6 is 0 Å². The summed E-state index contributed by atoms with van der Waals surface area (Å²) in [6.07, 6.45) is 1.48. The molecule has 0 aromatic carbocycles. The Kier molecular flexibility index (Phi) is 1.40. The van der Waals surface area contributed by atoms with Crippen LogP contribution < -0.4 is 5.56 Å². The van der Waals surface area contributed by atoms with Crippen LogP contribution in [0.4, 0.5) is 0 Å². The minimum absolute atomic E-state index is 0.125. The highest BCUT2D eigenvalue weighted by Crippen LogP contribution is 2.06. The molecule has 2 heterocycles. The molecule has 0 bridgehead atoms. The number of aryl methyl sites for hydroxylation is 1. The maximum absolute atomic E-state index is 10.9. The van der Waals surface area contributed by atoms with E-state index < -0.39 is 0 Å². The largest absolute Gasteiger partial charge is 0.319 e. The van der Waals surface area contributed by atoms with E-state index in [0.717, 1.165) is 11.2 Å². The van der Waals surface area contributed by atoms with Gasteiger partial charge in [0.1, 0.15) is 6.33 Å². The smallest absolute Gasteiger partial charge is 0.248 e. The number of aromatic amines is 1. The minimum atomic E-state index is -0.125. The number of hydrogen-bond acceptors (Lipinski definition) is 3. The summed E-state index contributed by atoms with van der Waals surface area (Å²) in [4.78, 5) is 21.6. The fraction of sp³-hybridized carbons (Fsp3) is 0.125. The van der Waals surface area contributed by atoms with E-state index in [4.69, 9.17) is 0 Å². The van der Waals surface area contributed by atoms with Crippen molar-refractivity contribution in [2.24, 2.45) is 0 Å². The summed E-state index contributed by atoms with van der Waals surface area (Å²) in [6, 6.07) is 3.14. The zero-order chi connectivity index (χ0) is 8.55. The topological polar surface area (TPSA) is 58.6 Å². The van der Waals surface area contributed by atoms with Gasteiger partial charge in [0.2, 0.25) is 5.56 Å². The van der Waals surface area contributed by atoms with Gasteiger partial charge in [-0.1, -0.05) is 0 Å². The van der Waals surface area contributed by atoms with Crippen molar-refractivity contribution in [1.29, 1.82) is 0 Å². The Hall–Kier alpha value is -1.71. The third-order valence-corrected chi connectivity index (χ3v) is 1.71. The van der Waals surface area contributed by atoms with Crippen LogP contribution in [0.5, 0.6) is 0 Å². The van der Waals surface area contributed by atoms with Gasteiger partial charge in [0.15, 0.2) is 0 Å². The molecule has 0 aliphatic heterocycles. The van der Waals surface area contributed by atoms with E-state index in [1.165, 1.54) is 12.4 Å². The molecule has 4 nitrogen and oxygen atoms in total. The normalized spacial score (nSPS) is 10.4. The third-order valence-electron chi connectivity index (χ3n) is 1.71. The lowest BCUT2D eigenvalue weighted by Gasteiger charge is -1.97. The lowest BCUT2D eigenvalue weighted by atomic mass is 10.3. The second kappa shape index (κ2) is 2.41. The van der Waals surface area contributed by atoms with Gasteiger partial charge in [0.25, 0.3) is 0 Å². The van der Waals surface area contributed by atoms with Crippen molar-refractivity contribution >= 4 is 11.0 Å². The van der Waals surface area contributed by atoms with Gasteiger partial charge in [-0.2, -0.15) is 0 Å². The Morgan fingerprint density at radius 1 is 1.33 bits per heavy atom. The van der Waals surface area contributed by atoms with Crippen molar-refractivity contribution in [3.05, 3.63) is 34.5 Å². The standard InChI is InChI=1S/C8H7N3O/c1-5-8-6(10-4-9-5)2-3-7(12)11-8/h2-4H,1H3,(H,11,12). The third kappa shape index (κ3) is 0.972. The predicted octanol–water partition coefficient (Wildman–Crippen LogP) is 0.627. The second-order valence-corrected chi connectivity index (χ2v) is 2.54. The number of nitrogens with zero attached hydrogens (tertiary/aromatic N) is 2. The van der Waals surface area contributed by atoms with Gasteiger partial charge in [0, 0.05) is 6.07 Å². The molecule has 2 aromatic heterocycles. The van der Waals surface area contributed by atoms with Crippen LogP contribution in [0.25, 0.3) is 11.0 Å². The summed E-state index contributed by atoms with van der Waals surface area (Å²) in [5, 5.41) is 0. The Morgan fingerprint density at radius 2 is 2.17 bits per heavy atom. The summed E-state index contributed by atoms with van der Waals surface area (Å²) in [6.45, 7) is 1.83. The fourth-order valence-electron chi connectivity index (χ4n) is 1.09. The Bertz CT molecular complexity index is 475. The monoisotopic (exact) mass is 161 g/mol. The molecule has 0 radical (unpaired) electrons. The average Bonchev–Trinajstić information content (AvgIpc) is 2.07. The molecule has 2 rings (SSSR count). The Labute approximate surface area is 68.3 Å². The number of rotatable bonds is 0. The predicted molar refractivity (Wildman–Crippen MR) is 44.9 cm³/mol. The molecular formula is C8H7N3O. The van der Waals surface area contributed by atoms with Crippen LogP contribution in [0.3, 0.4) is 0 Å². The van der Waals surface area contributed by atoms with Crippen LogP contribution in [-0.4, -0.2) is 15.0 Å². The lowest BCUT2D eigenvalue weighted by Crippen LogP contribution is -2.04.